The van der Waals surface area contributed by atoms with Crippen molar-refractivity contribution in [1.82, 2.24) is 4.57 Å². The van der Waals surface area contributed by atoms with Crippen molar-refractivity contribution >= 4 is 16.1 Å². The van der Waals surface area contributed by atoms with Gasteiger partial charge in [0.1, 0.15) is 5.56 Å². The molecule has 0 bridgehead atoms. The number of aryl methyl sites for hydroxylation is 2. The molecule has 0 N–H and O–H groups in total. The smallest absolute Gasteiger partial charge is 0.493 e. The summed E-state index contributed by atoms with van der Waals surface area (Å²) in [5.41, 5.74) is -5.07. The van der Waals surface area contributed by atoms with E-state index in [0.717, 1.165) is 13.2 Å². The predicted octanol–water partition coefficient (Wildman–Crippen LogP) is 3.90. The summed E-state index contributed by atoms with van der Waals surface area (Å²) in [6.07, 6.45) is 2.88. The minimum atomic E-state index is -5.88. The van der Waals surface area contributed by atoms with E-state index in [1.165, 1.54) is 24.8 Å². The summed E-state index contributed by atoms with van der Waals surface area (Å²) in [6.45, 7) is 6.24. The summed E-state index contributed by atoms with van der Waals surface area (Å²) in [5, 5.41) is 0. The van der Waals surface area contributed by atoms with Crippen LogP contribution in [-0.4, -0.2) is 38.2 Å². The van der Waals surface area contributed by atoms with Crippen molar-refractivity contribution < 1.29 is 40.0 Å². The van der Waals surface area contributed by atoms with E-state index in [1.807, 2.05) is 0 Å². The van der Waals surface area contributed by atoms with Gasteiger partial charge in [0, 0.05) is 24.4 Å². The molecule has 1 aromatic carbocycles. The van der Waals surface area contributed by atoms with E-state index in [-0.39, 0.29) is 30.9 Å². The lowest BCUT2D eigenvalue weighted by molar-refractivity contribution is -0.0500. The number of carbonyl (C=O) groups is 1. The summed E-state index contributed by atoms with van der Waals surface area (Å²) in [6, 6.07) is 3.62. The van der Waals surface area contributed by atoms with Crippen LogP contribution in [0.2, 0.25) is 0 Å². The van der Waals surface area contributed by atoms with Gasteiger partial charge in [-0.15, -0.1) is 0 Å². The highest BCUT2D eigenvalue weighted by atomic mass is 32.2. The molecule has 0 aliphatic carbocycles. The van der Waals surface area contributed by atoms with Gasteiger partial charge in [-0.25, -0.2) is 4.79 Å². The highest BCUT2D eigenvalue weighted by Gasteiger charge is 2.49. The Morgan fingerprint density at radius 2 is 1.76 bits per heavy atom. The number of aromatic nitrogens is 1. The zero-order chi connectivity index (χ0) is 25.0. The van der Waals surface area contributed by atoms with Gasteiger partial charge in [0.25, 0.3) is 0 Å². The fraction of sp³-hybridized carbons (Fsp3) is 0.429. The lowest BCUT2D eigenvalue weighted by atomic mass is 9.96. The number of esters is 1. The van der Waals surface area contributed by atoms with E-state index in [2.05, 4.69) is 18.0 Å². The quantitative estimate of drug-likeness (QED) is 0.355. The lowest BCUT2D eigenvalue weighted by Gasteiger charge is -2.24. The SMILES string of the molecule is CCC.CCOC(=O)c1cn2c(cc1=O)-c1cc(OC)c(OS(=O)(=O)C(F)(F)F)cc1CC2. The van der Waals surface area contributed by atoms with Gasteiger partial charge in [-0.2, -0.15) is 21.6 Å². The Kier molecular flexibility index (Phi) is 8.17. The molecule has 0 amide bonds. The maximum atomic E-state index is 12.7. The molecule has 0 saturated carbocycles. The number of nitrogens with zero attached hydrogens (tertiary/aromatic N) is 1. The van der Waals surface area contributed by atoms with E-state index in [9.17, 15) is 31.2 Å². The fourth-order valence-electron chi connectivity index (χ4n) is 3.03. The molecule has 3 rings (SSSR count). The summed E-state index contributed by atoms with van der Waals surface area (Å²) in [7, 11) is -4.75. The highest BCUT2D eigenvalue weighted by Crippen LogP contribution is 2.40. The van der Waals surface area contributed by atoms with Gasteiger partial charge in [0.2, 0.25) is 0 Å². The van der Waals surface area contributed by atoms with E-state index in [1.54, 1.807) is 11.5 Å². The van der Waals surface area contributed by atoms with E-state index in [0.29, 0.717) is 16.8 Å². The summed E-state index contributed by atoms with van der Waals surface area (Å²) in [4.78, 5) is 24.3. The number of halogens is 3. The molecule has 0 unspecified atom stereocenters. The van der Waals surface area contributed by atoms with Crippen molar-refractivity contribution in [3.05, 3.63) is 45.7 Å². The first-order valence-electron chi connectivity index (χ1n) is 10.0. The molecule has 0 atom stereocenters. The minimum absolute atomic E-state index is 0.101. The predicted molar refractivity (Wildman–Crippen MR) is 114 cm³/mol. The molecule has 2 aromatic rings. The second-order valence-electron chi connectivity index (χ2n) is 6.95. The van der Waals surface area contributed by atoms with Crippen LogP contribution in [0.5, 0.6) is 11.5 Å². The summed E-state index contributed by atoms with van der Waals surface area (Å²) < 4.78 is 76.4. The van der Waals surface area contributed by atoms with Crippen LogP contribution in [0, 0.1) is 0 Å². The number of rotatable bonds is 5. The third kappa shape index (κ3) is 5.67. The molecule has 182 valence electrons. The van der Waals surface area contributed by atoms with Crippen molar-refractivity contribution in [2.75, 3.05) is 13.7 Å². The zero-order valence-electron chi connectivity index (χ0n) is 18.5. The van der Waals surface area contributed by atoms with Gasteiger partial charge in [-0.1, -0.05) is 20.3 Å². The van der Waals surface area contributed by atoms with Crippen LogP contribution >= 0.6 is 0 Å². The first-order chi connectivity index (χ1) is 15.4. The average Bonchev–Trinajstić information content (AvgIpc) is 2.72. The number of carbonyl (C=O) groups excluding carboxylic acids is 1. The minimum Gasteiger partial charge on any atom is -0.493 e. The molecule has 8 nitrogen and oxygen atoms in total. The van der Waals surface area contributed by atoms with E-state index >= 15 is 0 Å². The number of benzene rings is 1. The third-order valence-electron chi connectivity index (χ3n) is 4.39. The largest absolute Gasteiger partial charge is 0.534 e. The number of hydrogen-bond donors (Lipinski definition) is 0. The first kappa shape index (κ1) is 26.2. The van der Waals surface area contributed by atoms with Crippen molar-refractivity contribution in [2.24, 2.45) is 0 Å². The Hall–Kier alpha value is -3.02. The molecule has 1 aromatic heterocycles. The lowest BCUT2D eigenvalue weighted by Crippen LogP contribution is -2.28. The van der Waals surface area contributed by atoms with Gasteiger partial charge < -0.3 is 18.2 Å². The fourth-order valence-corrected chi connectivity index (χ4v) is 3.49. The molecule has 0 saturated heterocycles. The molecule has 2 heterocycles. The monoisotopic (exact) mass is 491 g/mol. The van der Waals surface area contributed by atoms with Gasteiger partial charge in [0.05, 0.1) is 19.4 Å². The number of ether oxygens (including phenoxy) is 2. The van der Waals surface area contributed by atoms with Crippen LogP contribution in [0.15, 0.2) is 29.2 Å². The van der Waals surface area contributed by atoms with Crippen LogP contribution in [0.4, 0.5) is 13.2 Å². The first-order valence-corrected chi connectivity index (χ1v) is 11.4. The van der Waals surface area contributed by atoms with Gasteiger partial charge in [-0.3, -0.25) is 4.79 Å². The second-order valence-corrected chi connectivity index (χ2v) is 8.49. The van der Waals surface area contributed by atoms with Crippen molar-refractivity contribution in [1.29, 1.82) is 0 Å². The van der Waals surface area contributed by atoms with Crippen LogP contribution in [0.25, 0.3) is 11.3 Å². The molecule has 1 aliphatic rings. The number of pyridine rings is 1. The molecule has 0 radical (unpaired) electrons. The standard InChI is InChI=1S/C18H16F3NO7S.C3H8/c1-3-28-17(24)12-9-22-5-4-10-6-16(29-30(25,26)18(19,20)21)15(27-2)7-11(10)13(22)8-14(12)23;1-3-2/h6-9H,3-5H2,1-2H3;3H2,1-2H3. The average molecular weight is 491 g/mol. The molecule has 1 aliphatic heterocycles. The number of fused-ring (bicyclic) bond motifs is 3. The Morgan fingerprint density at radius 3 is 2.30 bits per heavy atom. The molecular formula is C21H24F3NO7S. The Bertz CT molecular complexity index is 1190. The van der Waals surface area contributed by atoms with Crippen molar-refractivity contribution in [3.8, 4) is 22.8 Å². The number of alkyl halides is 3. The molecule has 12 heteroatoms. The van der Waals surface area contributed by atoms with Crippen LogP contribution in [0.3, 0.4) is 0 Å². The molecule has 0 fully saturated rings. The normalized spacial score (nSPS) is 12.6. The van der Waals surface area contributed by atoms with E-state index < -0.39 is 32.8 Å². The van der Waals surface area contributed by atoms with Crippen molar-refractivity contribution in [2.45, 2.75) is 45.7 Å². The van der Waals surface area contributed by atoms with Crippen LogP contribution in [0.1, 0.15) is 43.1 Å². The Morgan fingerprint density at radius 1 is 1.12 bits per heavy atom. The topological polar surface area (TPSA) is 101 Å². The summed E-state index contributed by atoms with van der Waals surface area (Å²) in [5.74, 6) is -1.65. The van der Waals surface area contributed by atoms with Crippen LogP contribution in [-0.2, 0) is 27.8 Å². The van der Waals surface area contributed by atoms with Gasteiger partial charge in [0.15, 0.2) is 16.9 Å². The molecule has 0 spiro atoms. The maximum absolute atomic E-state index is 12.7. The highest BCUT2D eigenvalue weighted by molar-refractivity contribution is 7.88. The Balaban J connectivity index is 0.00000122. The van der Waals surface area contributed by atoms with Gasteiger partial charge >= 0.3 is 21.6 Å². The maximum Gasteiger partial charge on any atom is 0.534 e. The number of hydrogen-bond acceptors (Lipinski definition) is 7. The Labute approximate surface area is 189 Å². The van der Waals surface area contributed by atoms with Gasteiger partial charge in [-0.05, 0) is 31.0 Å². The zero-order valence-corrected chi connectivity index (χ0v) is 19.3. The molecular weight excluding hydrogens is 467 g/mol. The van der Waals surface area contributed by atoms with Crippen molar-refractivity contribution in [3.63, 3.8) is 0 Å². The third-order valence-corrected chi connectivity index (χ3v) is 5.36. The second kappa shape index (κ2) is 10.3. The van der Waals surface area contributed by atoms with E-state index in [4.69, 9.17) is 9.47 Å². The summed E-state index contributed by atoms with van der Waals surface area (Å²) >= 11 is 0. The number of methoxy groups -OCH3 is 1. The molecule has 33 heavy (non-hydrogen) atoms. The van der Waals surface area contributed by atoms with Crippen LogP contribution < -0.4 is 14.3 Å².